The van der Waals surface area contributed by atoms with Gasteiger partial charge in [0, 0.05) is 43.5 Å². The Bertz CT molecular complexity index is 1280. The van der Waals surface area contributed by atoms with E-state index in [0.717, 1.165) is 37.2 Å². The van der Waals surface area contributed by atoms with Crippen LogP contribution in [0.15, 0.2) is 53.2 Å². The predicted molar refractivity (Wildman–Crippen MR) is 136 cm³/mol. The molecular formula is C28H31F2N5O3. The van der Waals surface area contributed by atoms with Crippen LogP contribution in [0.2, 0.25) is 0 Å². The van der Waals surface area contributed by atoms with Crippen LogP contribution in [0.25, 0.3) is 11.3 Å². The highest BCUT2D eigenvalue weighted by Crippen LogP contribution is 2.29. The molecule has 8 nitrogen and oxygen atoms in total. The van der Waals surface area contributed by atoms with Gasteiger partial charge in [0.1, 0.15) is 11.6 Å². The highest BCUT2D eigenvalue weighted by atomic mass is 19.1. The van der Waals surface area contributed by atoms with E-state index in [2.05, 4.69) is 25.7 Å². The normalized spacial score (nSPS) is 21.2. The molecule has 1 aliphatic heterocycles. The molecule has 0 bridgehead atoms. The zero-order valence-electron chi connectivity index (χ0n) is 21.2. The molecule has 2 aliphatic rings. The van der Waals surface area contributed by atoms with Gasteiger partial charge in [-0.3, -0.25) is 19.5 Å². The van der Waals surface area contributed by atoms with Crippen molar-refractivity contribution >= 4 is 11.8 Å². The first-order valence-electron chi connectivity index (χ1n) is 13.1. The Labute approximate surface area is 219 Å². The van der Waals surface area contributed by atoms with Gasteiger partial charge in [0.15, 0.2) is 11.5 Å². The van der Waals surface area contributed by atoms with E-state index in [0.29, 0.717) is 19.0 Å². The first kappa shape index (κ1) is 26.0. The summed E-state index contributed by atoms with van der Waals surface area (Å²) in [6.07, 6.45) is 6.92. The maximum absolute atomic E-state index is 14.2. The Morgan fingerprint density at radius 1 is 1.11 bits per heavy atom. The number of amides is 2. The van der Waals surface area contributed by atoms with Gasteiger partial charge in [-0.25, -0.2) is 8.78 Å². The lowest BCUT2D eigenvalue weighted by Gasteiger charge is -2.41. The number of rotatable bonds is 7. The third-order valence-electron chi connectivity index (χ3n) is 7.57. The zero-order chi connectivity index (χ0) is 26.6. The summed E-state index contributed by atoms with van der Waals surface area (Å²) < 4.78 is 32.6. The quantitative estimate of drug-likeness (QED) is 0.480. The molecule has 0 unspecified atom stereocenters. The van der Waals surface area contributed by atoms with Crippen molar-refractivity contribution < 1.29 is 22.9 Å². The van der Waals surface area contributed by atoms with Crippen molar-refractivity contribution in [1.82, 2.24) is 25.7 Å². The summed E-state index contributed by atoms with van der Waals surface area (Å²) in [4.78, 5) is 33.3. The molecule has 2 fully saturated rings. The number of pyridine rings is 1. The van der Waals surface area contributed by atoms with Crippen LogP contribution in [0.1, 0.15) is 61.3 Å². The molecule has 5 rings (SSSR count). The monoisotopic (exact) mass is 523 g/mol. The summed E-state index contributed by atoms with van der Waals surface area (Å²) in [6.45, 7) is 3.21. The molecule has 200 valence electrons. The SMILES string of the molecule is C[C@@H](NC(=O)[C@H]1CN(C2CCCC2)CC[C@@H]1NC(=O)c1cc(-c2ccc(F)cc2F)on1)c1ccccn1. The Balaban J connectivity index is 1.30. The Morgan fingerprint density at radius 3 is 2.66 bits per heavy atom. The van der Waals surface area contributed by atoms with Gasteiger partial charge in [-0.05, 0) is 50.5 Å². The third kappa shape index (κ3) is 5.75. The summed E-state index contributed by atoms with van der Waals surface area (Å²) >= 11 is 0. The molecule has 0 spiro atoms. The lowest BCUT2D eigenvalue weighted by Crippen LogP contribution is -2.57. The lowest BCUT2D eigenvalue weighted by atomic mass is 9.89. The maximum atomic E-state index is 14.2. The number of nitrogens with zero attached hydrogens (tertiary/aromatic N) is 3. The van der Waals surface area contributed by atoms with Gasteiger partial charge in [0.2, 0.25) is 5.91 Å². The van der Waals surface area contributed by atoms with Crippen molar-refractivity contribution in [1.29, 1.82) is 0 Å². The molecule has 3 heterocycles. The standard InChI is InChI=1S/C28H31F2N5O3/c1-17(23-8-4-5-12-31-23)32-27(36)21-16-35(19-6-2-3-7-19)13-11-24(21)33-28(37)25-15-26(38-34-25)20-10-9-18(29)14-22(20)30/h4-5,8-10,12,14-15,17,19,21,24H,2-3,6-7,11,13,16H2,1H3,(H,32,36)(H,33,37)/t17-,21+,24+/m1/s1. The van der Waals surface area contributed by atoms with E-state index >= 15 is 0 Å². The Morgan fingerprint density at radius 2 is 1.92 bits per heavy atom. The first-order chi connectivity index (χ1) is 18.4. The molecule has 10 heteroatoms. The molecule has 38 heavy (non-hydrogen) atoms. The minimum atomic E-state index is -0.814. The second-order valence-corrected chi connectivity index (χ2v) is 10.1. The van der Waals surface area contributed by atoms with Gasteiger partial charge in [-0.2, -0.15) is 0 Å². The summed E-state index contributed by atoms with van der Waals surface area (Å²) in [6, 6.07) is 9.71. The predicted octanol–water partition coefficient (Wildman–Crippen LogP) is 4.26. The summed E-state index contributed by atoms with van der Waals surface area (Å²) in [7, 11) is 0. The Kier molecular flexibility index (Phi) is 7.78. The van der Waals surface area contributed by atoms with Gasteiger partial charge < -0.3 is 15.2 Å². The van der Waals surface area contributed by atoms with Crippen LogP contribution in [0.4, 0.5) is 8.78 Å². The lowest BCUT2D eigenvalue weighted by molar-refractivity contribution is -0.128. The molecule has 2 aromatic heterocycles. The van der Waals surface area contributed by atoms with Crippen LogP contribution in [-0.2, 0) is 4.79 Å². The fourth-order valence-corrected chi connectivity index (χ4v) is 5.48. The molecule has 1 saturated carbocycles. The number of hydrogen-bond donors (Lipinski definition) is 2. The molecule has 2 N–H and O–H groups in total. The molecule has 0 radical (unpaired) electrons. The van der Waals surface area contributed by atoms with Crippen LogP contribution in [-0.4, -0.2) is 52.0 Å². The van der Waals surface area contributed by atoms with Crippen LogP contribution in [0.3, 0.4) is 0 Å². The smallest absolute Gasteiger partial charge is 0.273 e. The van der Waals surface area contributed by atoms with Gasteiger partial charge in [0.25, 0.3) is 5.91 Å². The fraction of sp³-hybridized carbons (Fsp3) is 0.429. The van der Waals surface area contributed by atoms with Crippen molar-refractivity contribution in [3.63, 3.8) is 0 Å². The number of hydrogen-bond acceptors (Lipinski definition) is 6. The molecule has 1 aromatic carbocycles. The zero-order valence-corrected chi connectivity index (χ0v) is 21.2. The van der Waals surface area contributed by atoms with Gasteiger partial charge >= 0.3 is 0 Å². The summed E-state index contributed by atoms with van der Waals surface area (Å²) in [5.74, 6) is -2.65. The number of nitrogens with one attached hydrogen (secondary N) is 2. The van der Waals surface area contributed by atoms with Crippen LogP contribution >= 0.6 is 0 Å². The molecule has 3 atom stereocenters. The number of benzene rings is 1. The minimum absolute atomic E-state index is 0.00332. The van der Waals surface area contributed by atoms with Crippen molar-refractivity contribution in [3.05, 3.63) is 71.7 Å². The van der Waals surface area contributed by atoms with Crippen LogP contribution in [0.5, 0.6) is 0 Å². The number of likely N-dealkylation sites (tertiary alicyclic amines) is 1. The summed E-state index contributed by atoms with van der Waals surface area (Å²) in [5.41, 5.74) is 0.722. The van der Waals surface area contributed by atoms with Crippen molar-refractivity contribution in [2.45, 2.75) is 57.2 Å². The van der Waals surface area contributed by atoms with E-state index < -0.39 is 29.5 Å². The van der Waals surface area contributed by atoms with E-state index in [9.17, 15) is 18.4 Å². The van der Waals surface area contributed by atoms with Crippen molar-refractivity contribution in [2.75, 3.05) is 13.1 Å². The number of piperidine rings is 1. The number of aromatic nitrogens is 2. The topological polar surface area (TPSA) is 100 Å². The van der Waals surface area contributed by atoms with Gasteiger partial charge in [-0.15, -0.1) is 0 Å². The second kappa shape index (κ2) is 11.4. The molecule has 1 saturated heterocycles. The van der Waals surface area contributed by atoms with E-state index in [-0.39, 0.29) is 29.0 Å². The molecule has 2 amide bonds. The molecule has 1 aliphatic carbocycles. The molecular weight excluding hydrogens is 492 g/mol. The van der Waals surface area contributed by atoms with E-state index in [4.69, 9.17) is 4.52 Å². The number of carbonyl (C=O) groups excluding carboxylic acids is 2. The second-order valence-electron chi connectivity index (χ2n) is 10.1. The summed E-state index contributed by atoms with van der Waals surface area (Å²) in [5, 5.41) is 9.82. The maximum Gasteiger partial charge on any atom is 0.273 e. The fourth-order valence-electron chi connectivity index (χ4n) is 5.48. The highest BCUT2D eigenvalue weighted by molar-refractivity contribution is 5.94. The minimum Gasteiger partial charge on any atom is -0.355 e. The van der Waals surface area contributed by atoms with Crippen molar-refractivity contribution in [3.8, 4) is 11.3 Å². The highest BCUT2D eigenvalue weighted by Gasteiger charge is 2.39. The third-order valence-corrected chi connectivity index (χ3v) is 7.57. The largest absolute Gasteiger partial charge is 0.355 e. The van der Waals surface area contributed by atoms with E-state index in [1.807, 2.05) is 25.1 Å². The first-order valence-corrected chi connectivity index (χ1v) is 13.1. The van der Waals surface area contributed by atoms with Crippen molar-refractivity contribution in [2.24, 2.45) is 5.92 Å². The number of carbonyl (C=O) groups is 2. The average molecular weight is 524 g/mol. The average Bonchev–Trinajstić information content (AvgIpc) is 3.62. The van der Waals surface area contributed by atoms with Crippen LogP contribution < -0.4 is 10.6 Å². The van der Waals surface area contributed by atoms with Crippen LogP contribution in [0, 0.1) is 17.6 Å². The van der Waals surface area contributed by atoms with E-state index in [1.54, 1.807) is 6.20 Å². The Hall–Kier alpha value is -3.66. The molecule has 3 aromatic rings. The van der Waals surface area contributed by atoms with E-state index in [1.165, 1.54) is 25.0 Å². The number of halogens is 2. The van der Waals surface area contributed by atoms with Gasteiger partial charge in [-0.1, -0.05) is 24.1 Å². The van der Waals surface area contributed by atoms with Gasteiger partial charge in [0.05, 0.1) is 23.2 Å².